The van der Waals surface area contributed by atoms with Crippen molar-refractivity contribution >= 4 is 28.9 Å². The molecule has 0 aliphatic heterocycles. The van der Waals surface area contributed by atoms with E-state index in [1.807, 2.05) is 18.7 Å². The molecule has 0 saturated heterocycles. The molecule has 0 spiro atoms. The lowest BCUT2D eigenvalue weighted by atomic mass is 10.2. The summed E-state index contributed by atoms with van der Waals surface area (Å²) in [6.45, 7) is 7.24. The molecular formula is C16H18ClF3N4. The van der Waals surface area contributed by atoms with Crippen LogP contribution in [0.2, 0.25) is 5.02 Å². The summed E-state index contributed by atoms with van der Waals surface area (Å²) in [6.07, 6.45) is -4.44. The second-order valence-corrected chi connectivity index (χ2v) is 5.56. The van der Waals surface area contributed by atoms with Crippen LogP contribution in [0.5, 0.6) is 0 Å². The molecule has 24 heavy (non-hydrogen) atoms. The van der Waals surface area contributed by atoms with Gasteiger partial charge in [0.05, 0.1) is 16.3 Å². The fourth-order valence-electron chi connectivity index (χ4n) is 2.26. The minimum atomic E-state index is -4.44. The number of aryl methyl sites for hydroxylation is 1. The van der Waals surface area contributed by atoms with E-state index < -0.39 is 11.7 Å². The van der Waals surface area contributed by atoms with Gasteiger partial charge in [-0.1, -0.05) is 11.6 Å². The zero-order chi connectivity index (χ0) is 17.9. The minimum Gasteiger partial charge on any atom is -0.357 e. The average Bonchev–Trinajstić information content (AvgIpc) is 2.49. The lowest BCUT2D eigenvalue weighted by molar-refractivity contribution is -0.137. The number of alkyl halides is 3. The zero-order valence-electron chi connectivity index (χ0n) is 13.6. The van der Waals surface area contributed by atoms with Gasteiger partial charge in [-0.05, 0) is 39.0 Å². The van der Waals surface area contributed by atoms with Gasteiger partial charge in [0.25, 0.3) is 0 Å². The van der Waals surface area contributed by atoms with Gasteiger partial charge < -0.3 is 10.2 Å². The second kappa shape index (κ2) is 7.25. The number of aromatic nitrogens is 2. The van der Waals surface area contributed by atoms with Crippen LogP contribution in [0.25, 0.3) is 0 Å². The van der Waals surface area contributed by atoms with E-state index in [0.29, 0.717) is 17.5 Å². The third-order valence-corrected chi connectivity index (χ3v) is 3.80. The second-order valence-electron chi connectivity index (χ2n) is 5.15. The van der Waals surface area contributed by atoms with Crippen molar-refractivity contribution in [3.8, 4) is 0 Å². The van der Waals surface area contributed by atoms with Crippen LogP contribution in [-0.4, -0.2) is 23.1 Å². The number of rotatable bonds is 5. The summed E-state index contributed by atoms with van der Waals surface area (Å²) < 4.78 is 38.6. The van der Waals surface area contributed by atoms with Gasteiger partial charge in [-0.15, -0.1) is 0 Å². The number of halogens is 4. The molecule has 4 nitrogen and oxygen atoms in total. The van der Waals surface area contributed by atoms with Crippen LogP contribution in [-0.2, 0) is 6.18 Å². The van der Waals surface area contributed by atoms with Crippen LogP contribution in [0.1, 0.15) is 25.2 Å². The number of hydrogen-bond donors (Lipinski definition) is 1. The van der Waals surface area contributed by atoms with Crippen LogP contribution in [0.3, 0.4) is 0 Å². The number of anilines is 3. The Balaban J connectivity index is 2.38. The van der Waals surface area contributed by atoms with E-state index in [1.165, 1.54) is 6.07 Å². The standard InChI is InChI=1S/C16H18ClF3N4/c1-4-24(5-2)15-9-14(21-10(3)22-15)23-13-8-11(16(18,19)20)6-7-12(13)17/h6-9H,4-5H2,1-3H3,(H,21,22,23). The van der Waals surface area contributed by atoms with E-state index in [1.54, 1.807) is 13.0 Å². The molecule has 0 amide bonds. The van der Waals surface area contributed by atoms with Crippen LogP contribution in [0.4, 0.5) is 30.5 Å². The van der Waals surface area contributed by atoms with Gasteiger partial charge >= 0.3 is 6.18 Å². The van der Waals surface area contributed by atoms with Gasteiger partial charge in [0.1, 0.15) is 17.5 Å². The van der Waals surface area contributed by atoms with Crippen molar-refractivity contribution in [2.75, 3.05) is 23.3 Å². The van der Waals surface area contributed by atoms with Crippen molar-refractivity contribution in [3.05, 3.63) is 40.7 Å². The lowest BCUT2D eigenvalue weighted by Crippen LogP contribution is -2.23. The largest absolute Gasteiger partial charge is 0.416 e. The molecule has 0 unspecified atom stereocenters. The number of nitrogens with one attached hydrogen (secondary N) is 1. The smallest absolute Gasteiger partial charge is 0.357 e. The van der Waals surface area contributed by atoms with Crippen molar-refractivity contribution < 1.29 is 13.2 Å². The molecule has 0 aliphatic rings. The van der Waals surface area contributed by atoms with Crippen LogP contribution < -0.4 is 10.2 Å². The summed E-state index contributed by atoms with van der Waals surface area (Å²) in [7, 11) is 0. The van der Waals surface area contributed by atoms with Crippen LogP contribution in [0, 0.1) is 6.92 Å². The maximum Gasteiger partial charge on any atom is 0.416 e. The Morgan fingerprint density at radius 1 is 1.12 bits per heavy atom. The molecule has 0 bridgehead atoms. The average molecular weight is 359 g/mol. The summed E-state index contributed by atoms with van der Waals surface area (Å²) in [4.78, 5) is 10.6. The van der Waals surface area contributed by atoms with E-state index in [-0.39, 0.29) is 10.7 Å². The molecule has 1 heterocycles. The highest BCUT2D eigenvalue weighted by Crippen LogP contribution is 2.35. The fourth-order valence-corrected chi connectivity index (χ4v) is 2.43. The molecule has 1 N–H and O–H groups in total. The number of nitrogens with zero attached hydrogens (tertiary/aromatic N) is 3. The van der Waals surface area contributed by atoms with E-state index >= 15 is 0 Å². The molecule has 2 rings (SSSR count). The van der Waals surface area contributed by atoms with Crippen molar-refractivity contribution in [2.45, 2.75) is 26.9 Å². The maximum absolute atomic E-state index is 12.9. The highest BCUT2D eigenvalue weighted by atomic mass is 35.5. The quantitative estimate of drug-likeness (QED) is 0.812. The Morgan fingerprint density at radius 2 is 1.79 bits per heavy atom. The van der Waals surface area contributed by atoms with Crippen molar-refractivity contribution in [2.24, 2.45) is 0 Å². The molecule has 2 aromatic rings. The zero-order valence-corrected chi connectivity index (χ0v) is 14.3. The monoisotopic (exact) mass is 358 g/mol. The number of hydrogen-bond acceptors (Lipinski definition) is 4. The van der Waals surface area contributed by atoms with Gasteiger partial charge in [-0.25, -0.2) is 9.97 Å². The molecular weight excluding hydrogens is 341 g/mol. The maximum atomic E-state index is 12.9. The van der Waals surface area contributed by atoms with Crippen LogP contribution in [0.15, 0.2) is 24.3 Å². The molecule has 130 valence electrons. The van der Waals surface area contributed by atoms with Crippen molar-refractivity contribution in [1.82, 2.24) is 9.97 Å². The summed E-state index contributed by atoms with van der Waals surface area (Å²) in [5.41, 5.74) is -0.626. The topological polar surface area (TPSA) is 41.0 Å². The van der Waals surface area contributed by atoms with E-state index in [9.17, 15) is 13.2 Å². The highest BCUT2D eigenvalue weighted by Gasteiger charge is 2.31. The van der Waals surface area contributed by atoms with Gasteiger partial charge in [0, 0.05) is 19.2 Å². The first kappa shape index (κ1) is 18.3. The highest BCUT2D eigenvalue weighted by molar-refractivity contribution is 6.33. The van der Waals surface area contributed by atoms with Gasteiger partial charge in [0.2, 0.25) is 0 Å². The van der Waals surface area contributed by atoms with Gasteiger partial charge in [-0.3, -0.25) is 0 Å². The molecule has 0 atom stereocenters. The van der Waals surface area contributed by atoms with E-state index in [4.69, 9.17) is 11.6 Å². The lowest BCUT2D eigenvalue weighted by Gasteiger charge is -2.21. The molecule has 0 saturated carbocycles. The molecule has 8 heteroatoms. The third-order valence-electron chi connectivity index (χ3n) is 3.47. The predicted molar refractivity (Wildman–Crippen MR) is 90.1 cm³/mol. The normalized spacial score (nSPS) is 11.5. The molecule has 1 aromatic heterocycles. The SMILES string of the molecule is CCN(CC)c1cc(Nc2cc(C(F)(F)F)ccc2Cl)nc(C)n1. The summed E-state index contributed by atoms with van der Waals surface area (Å²) in [6, 6.07) is 4.82. The van der Waals surface area contributed by atoms with Gasteiger partial charge in [-0.2, -0.15) is 13.2 Å². The third kappa shape index (κ3) is 4.29. The summed E-state index contributed by atoms with van der Waals surface area (Å²) in [5.74, 6) is 1.62. The Kier molecular flexibility index (Phi) is 5.54. The Morgan fingerprint density at radius 3 is 2.38 bits per heavy atom. The summed E-state index contributed by atoms with van der Waals surface area (Å²) >= 11 is 6.01. The molecule has 0 radical (unpaired) electrons. The first-order valence-electron chi connectivity index (χ1n) is 7.49. The molecule has 0 fully saturated rings. The van der Waals surface area contributed by atoms with E-state index in [2.05, 4.69) is 15.3 Å². The van der Waals surface area contributed by atoms with Crippen molar-refractivity contribution in [1.29, 1.82) is 0 Å². The van der Waals surface area contributed by atoms with Gasteiger partial charge in [0.15, 0.2) is 0 Å². The van der Waals surface area contributed by atoms with Crippen LogP contribution >= 0.6 is 11.6 Å². The molecule has 0 aliphatic carbocycles. The van der Waals surface area contributed by atoms with Crippen molar-refractivity contribution in [3.63, 3.8) is 0 Å². The predicted octanol–water partition coefficient (Wildman–Crippen LogP) is 5.05. The Bertz CT molecular complexity index is 715. The first-order valence-corrected chi connectivity index (χ1v) is 7.86. The Labute approximate surface area is 143 Å². The molecule has 1 aromatic carbocycles. The first-order chi connectivity index (χ1) is 11.2. The Hall–Kier alpha value is -2.02. The minimum absolute atomic E-state index is 0.148. The summed E-state index contributed by atoms with van der Waals surface area (Å²) in [5, 5.41) is 3.04. The fraction of sp³-hybridized carbons (Fsp3) is 0.375. The number of benzene rings is 1. The van der Waals surface area contributed by atoms with E-state index in [0.717, 1.165) is 25.2 Å².